The topological polar surface area (TPSA) is 64.2 Å². The van der Waals surface area contributed by atoms with Crippen LogP contribution in [0.2, 0.25) is 0 Å². The van der Waals surface area contributed by atoms with Gasteiger partial charge in [-0.05, 0) is 44.2 Å². The standard InChI is InChI=1S/C17H24N4O2S/c1-3-9-20(11-13-7-8-13)15(22)12-24-17-19-18-16(21(17)4-2)14-6-5-10-23-14/h5-6,10,13H,3-4,7-9,11-12H2,1-2H3. The van der Waals surface area contributed by atoms with Crippen LogP contribution in [0.1, 0.15) is 33.1 Å². The third kappa shape index (κ3) is 4.01. The lowest BCUT2D eigenvalue weighted by Gasteiger charge is -2.21. The Hall–Kier alpha value is -1.76. The van der Waals surface area contributed by atoms with Crippen LogP contribution < -0.4 is 0 Å². The highest BCUT2D eigenvalue weighted by molar-refractivity contribution is 7.99. The lowest BCUT2D eigenvalue weighted by atomic mass is 10.3. The van der Waals surface area contributed by atoms with E-state index in [2.05, 4.69) is 17.1 Å². The van der Waals surface area contributed by atoms with Crippen molar-refractivity contribution >= 4 is 17.7 Å². The van der Waals surface area contributed by atoms with Gasteiger partial charge in [-0.3, -0.25) is 9.36 Å². The predicted octanol–water partition coefficient (Wildman–Crippen LogP) is 3.30. The zero-order valence-electron chi connectivity index (χ0n) is 14.3. The second-order valence-electron chi connectivity index (χ2n) is 6.10. The molecule has 2 aromatic heterocycles. The van der Waals surface area contributed by atoms with Crippen molar-refractivity contribution in [2.75, 3.05) is 18.8 Å². The number of thioether (sulfide) groups is 1. The van der Waals surface area contributed by atoms with Crippen LogP contribution in [0, 0.1) is 5.92 Å². The van der Waals surface area contributed by atoms with Crippen molar-refractivity contribution in [2.24, 2.45) is 5.92 Å². The summed E-state index contributed by atoms with van der Waals surface area (Å²) in [5.41, 5.74) is 0. The molecule has 2 heterocycles. The normalized spacial score (nSPS) is 14.1. The second kappa shape index (κ2) is 7.88. The first-order valence-electron chi connectivity index (χ1n) is 8.60. The number of furan rings is 1. The smallest absolute Gasteiger partial charge is 0.233 e. The minimum Gasteiger partial charge on any atom is -0.461 e. The highest BCUT2D eigenvalue weighted by Crippen LogP contribution is 2.30. The maximum atomic E-state index is 12.5. The molecule has 6 nitrogen and oxygen atoms in total. The zero-order valence-corrected chi connectivity index (χ0v) is 15.1. The molecule has 0 aromatic carbocycles. The Morgan fingerprint density at radius 2 is 2.25 bits per heavy atom. The average molecular weight is 348 g/mol. The van der Waals surface area contributed by atoms with Gasteiger partial charge in [-0.2, -0.15) is 0 Å². The van der Waals surface area contributed by atoms with Gasteiger partial charge in [-0.1, -0.05) is 18.7 Å². The Morgan fingerprint density at radius 1 is 1.42 bits per heavy atom. The second-order valence-corrected chi connectivity index (χ2v) is 7.04. The van der Waals surface area contributed by atoms with Gasteiger partial charge in [0, 0.05) is 19.6 Å². The molecule has 0 atom stereocenters. The van der Waals surface area contributed by atoms with E-state index in [9.17, 15) is 4.79 Å². The molecule has 0 N–H and O–H groups in total. The molecule has 7 heteroatoms. The number of carbonyl (C=O) groups is 1. The lowest BCUT2D eigenvalue weighted by molar-refractivity contribution is -0.128. The number of amides is 1. The van der Waals surface area contributed by atoms with Crippen molar-refractivity contribution in [2.45, 2.75) is 44.8 Å². The molecule has 0 aliphatic heterocycles. The molecular formula is C17H24N4O2S. The average Bonchev–Trinajstić information content (AvgIpc) is 3.09. The predicted molar refractivity (Wildman–Crippen MR) is 93.7 cm³/mol. The monoisotopic (exact) mass is 348 g/mol. The summed E-state index contributed by atoms with van der Waals surface area (Å²) in [6, 6.07) is 3.70. The Kier molecular flexibility index (Phi) is 5.60. The van der Waals surface area contributed by atoms with Gasteiger partial charge in [-0.15, -0.1) is 10.2 Å². The van der Waals surface area contributed by atoms with Gasteiger partial charge >= 0.3 is 0 Å². The van der Waals surface area contributed by atoms with Crippen LogP contribution in [0.3, 0.4) is 0 Å². The summed E-state index contributed by atoms with van der Waals surface area (Å²) in [6.45, 7) is 6.64. The van der Waals surface area contributed by atoms with E-state index < -0.39 is 0 Å². The molecule has 0 spiro atoms. The zero-order chi connectivity index (χ0) is 16.9. The molecule has 0 radical (unpaired) electrons. The van der Waals surface area contributed by atoms with E-state index >= 15 is 0 Å². The summed E-state index contributed by atoms with van der Waals surface area (Å²) in [6.07, 6.45) is 5.15. The number of aromatic nitrogens is 3. The van der Waals surface area contributed by atoms with Crippen molar-refractivity contribution in [1.29, 1.82) is 0 Å². The minimum atomic E-state index is 0.193. The summed E-state index contributed by atoms with van der Waals surface area (Å²) < 4.78 is 7.40. The molecule has 1 aliphatic rings. The van der Waals surface area contributed by atoms with Crippen molar-refractivity contribution in [3.63, 3.8) is 0 Å². The minimum absolute atomic E-state index is 0.193. The van der Waals surface area contributed by atoms with E-state index in [1.54, 1.807) is 6.26 Å². The summed E-state index contributed by atoms with van der Waals surface area (Å²) in [7, 11) is 0. The summed E-state index contributed by atoms with van der Waals surface area (Å²) >= 11 is 1.46. The first-order chi connectivity index (χ1) is 11.7. The van der Waals surface area contributed by atoms with Gasteiger partial charge in [0.15, 0.2) is 16.7 Å². The fourth-order valence-corrected chi connectivity index (χ4v) is 3.59. The van der Waals surface area contributed by atoms with Crippen LogP contribution in [0.4, 0.5) is 0 Å². The first-order valence-corrected chi connectivity index (χ1v) is 9.59. The van der Waals surface area contributed by atoms with Crippen LogP contribution in [0.25, 0.3) is 11.6 Å². The summed E-state index contributed by atoms with van der Waals surface area (Å²) in [4.78, 5) is 14.5. The number of hydrogen-bond donors (Lipinski definition) is 0. The van der Waals surface area contributed by atoms with Crippen molar-refractivity contribution in [3.8, 4) is 11.6 Å². The third-order valence-corrected chi connectivity index (χ3v) is 5.07. The molecule has 1 saturated carbocycles. The summed E-state index contributed by atoms with van der Waals surface area (Å²) in [5, 5.41) is 9.22. The van der Waals surface area contributed by atoms with Gasteiger partial charge in [0.05, 0.1) is 12.0 Å². The van der Waals surface area contributed by atoms with Crippen molar-refractivity contribution in [3.05, 3.63) is 18.4 Å². The van der Waals surface area contributed by atoms with E-state index in [1.807, 2.05) is 28.5 Å². The van der Waals surface area contributed by atoms with Gasteiger partial charge in [-0.25, -0.2) is 0 Å². The van der Waals surface area contributed by atoms with Crippen LogP contribution in [0.5, 0.6) is 0 Å². The van der Waals surface area contributed by atoms with Crippen molar-refractivity contribution < 1.29 is 9.21 Å². The lowest BCUT2D eigenvalue weighted by Crippen LogP contribution is -2.35. The summed E-state index contributed by atoms with van der Waals surface area (Å²) in [5.74, 6) is 2.72. The van der Waals surface area contributed by atoms with Crippen molar-refractivity contribution in [1.82, 2.24) is 19.7 Å². The fourth-order valence-electron chi connectivity index (χ4n) is 2.69. The van der Waals surface area contributed by atoms with Crippen LogP contribution >= 0.6 is 11.8 Å². The Morgan fingerprint density at radius 3 is 2.88 bits per heavy atom. The van der Waals surface area contributed by atoms with Crippen LogP contribution in [-0.4, -0.2) is 44.4 Å². The number of hydrogen-bond acceptors (Lipinski definition) is 5. The highest BCUT2D eigenvalue weighted by Gasteiger charge is 2.26. The van der Waals surface area contributed by atoms with E-state index in [0.717, 1.165) is 37.1 Å². The quantitative estimate of drug-likeness (QED) is 0.651. The van der Waals surface area contributed by atoms with E-state index in [-0.39, 0.29) is 5.91 Å². The Labute approximate surface area is 146 Å². The molecule has 130 valence electrons. The molecule has 0 unspecified atom stereocenters. The molecule has 0 saturated heterocycles. The van der Waals surface area contributed by atoms with Crippen LogP contribution in [-0.2, 0) is 11.3 Å². The number of carbonyl (C=O) groups excluding carboxylic acids is 1. The van der Waals surface area contributed by atoms with Gasteiger partial charge in [0.25, 0.3) is 0 Å². The Balaban J connectivity index is 1.64. The van der Waals surface area contributed by atoms with Gasteiger partial charge < -0.3 is 9.32 Å². The highest BCUT2D eigenvalue weighted by atomic mass is 32.2. The molecule has 1 aliphatic carbocycles. The van der Waals surface area contributed by atoms with Gasteiger partial charge in [0.2, 0.25) is 5.91 Å². The fraction of sp³-hybridized carbons (Fsp3) is 0.588. The third-order valence-electron chi connectivity index (χ3n) is 4.12. The van der Waals surface area contributed by atoms with E-state index in [0.29, 0.717) is 17.3 Å². The molecule has 1 fully saturated rings. The SMILES string of the molecule is CCCN(CC1CC1)C(=O)CSc1nnc(-c2ccco2)n1CC. The number of rotatable bonds is 9. The molecule has 24 heavy (non-hydrogen) atoms. The molecule has 0 bridgehead atoms. The molecule has 1 amide bonds. The maximum absolute atomic E-state index is 12.5. The largest absolute Gasteiger partial charge is 0.461 e. The van der Waals surface area contributed by atoms with Crippen LogP contribution in [0.15, 0.2) is 28.0 Å². The molecule has 3 rings (SSSR count). The van der Waals surface area contributed by atoms with Gasteiger partial charge in [0.1, 0.15) is 0 Å². The molecule has 2 aromatic rings. The number of nitrogens with zero attached hydrogens (tertiary/aromatic N) is 4. The van der Waals surface area contributed by atoms with E-state index in [1.165, 1.54) is 24.6 Å². The molecular weight excluding hydrogens is 324 g/mol. The first kappa shape index (κ1) is 17.1. The maximum Gasteiger partial charge on any atom is 0.233 e. The Bertz CT molecular complexity index is 664. The van der Waals surface area contributed by atoms with E-state index in [4.69, 9.17) is 4.42 Å².